The number of aliphatic hydroxyl groups excluding tert-OH is 1. The monoisotopic (exact) mass is 379 g/mol. The van der Waals surface area contributed by atoms with Crippen LogP contribution in [0.15, 0.2) is 24.0 Å². The van der Waals surface area contributed by atoms with Crippen LogP contribution in [0.1, 0.15) is 47.5 Å². The van der Waals surface area contributed by atoms with Gasteiger partial charge in [0.15, 0.2) is 11.9 Å². The van der Waals surface area contributed by atoms with Crippen LogP contribution in [0.2, 0.25) is 0 Å². The zero-order valence-electron chi connectivity index (χ0n) is 16.6. The molecule has 1 N–H and O–H groups in total. The van der Waals surface area contributed by atoms with E-state index in [0.29, 0.717) is 18.6 Å². The van der Waals surface area contributed by atoms with Gasteiger partial charge in [-0.15, -0.1) is 0 Å². The summed E-state index contributed by atoms with van der Waals surface area (Å²) in [5.41, 5.74) is -0.798. The molecular formula is C20H29NO6. The Kier molecular flexibility index (Phi) is 6.46. The fourth-order valence-electron chi connectivity index (χ4n) is 3.74. The number of carbonyl (C=O) groups excluding carboxylic acids is 3. The molecule has 0 aromatic heterocycles. The summed E-state index contributed by atoms with van der Waals surface area (Å²) >= 11 is 0. The second-order valence-electron chi connectivity index (χ2n) is 7.90. The summed E-state index contributed by atoms with van der Waals surface area (Å²) in [7, 11) is 0. The molecular weight excluding hydrogens is 350 g/mol. The second kappa shape index (κ2) is 8.25. The Bertz CT molecular complexity index is 663. The molecule has 150 valence electrons. The molecule has 2 rings (SSSR count). The SMILES string of the molecule is CC(C)[C@@H]1N(C(=O)[C@@H](C)[C@H]2OC(=CCCCO)C=CC2=O)C(=O)OC1(C)C. The molecule has 0 aliphatic carbocycles. The molecule has 0 bridgehead atoms. The van der Waals surface area contributed by atoms with E-state index in [0.717, 1.165) is 4.90 Å². The summed E-state index contributed by atoms with van der Waals surface area (Å²) in [5.74, 6) is -1.15. The third-order valence-electron chi connectivity index (χ3n) is 4.91. The highest BCUT2D eigenvalue weighted by Gasteiger charge is 2.53. The number of nitrogens with zero attached hydrogens (tertiary/aromatic N) is 1. The van der Waals surface area contributed by atoms with Crippen LogP contribution in [0, 0.1) is 11.8 Å². The van der Waals surface area contributed by atoms with E-state index in [1.54, 1.807) is 32.9 Å². The van der Waals surface area contributed by atoms with Gasteiger partial charge in [-0.2, -0.15) is 0 Å². The van der Waals surface area contributed by atoms with E-state index in [4.69, 9.17) is 14.6 Å². The Morgan fingerprint density at radius 2 is 1.96 bits per heavy atom. The van der Waals surface area contributed by atoms with Crippen LogP contribution in [-0.4, -0.2) is 52.1 Å². The van der Waals surface area contributed by atoms with Gasteiger partial charge in [-0.1, -0.05) is 13.8 Å². The maximum Gasteiger partial charge on any atom is 0.417 e. The minimum absolute atomic E-state index is 0.000546. The molecule has 0 aromatic carbocycles. The maximum absolute atomic E-state index is 13.1. The third kappa shape index (κ3) is 4.40. The van der Waals surface area contributed by atoms with Crippen LogP contribution in [0.5, 0.6) is 0 Å². The number of rotatable bonds is 6. The zero-order chi connectivity index (χ0) is 20.4. The van der Waals surface area contributed by atoms with Crippen LogP contribution < -0.4 is 0 Å². The fraction of sp³-hybridized carbons (Fsp3) is 0.650. The summed E-state index contributed by atoms with van der Waals surface area (Å²) in [6.45, 7) is 9.05. The largest absolute Gasteiger partial charge is 0.482 e. The Morgan fingerprint density at radius 1 is 1.30 bits per heavy atom. The minimum atomic E-state index is -0.993. The van der Waals surface area contributed by atoms with Crippen LogP contribution in [0.4, 0.5) is 4.79 Å². The highest BCUT2D eigenvalue weighted by atomic mass is 16.6. The molecule has 2 heterocycles. The average molecular weight is 379 g/mol. The summed E-state index contributed by atoms with van der Waals surface area (Å²) in [6.07, 6.45) is 4.21. The first-order valence-corrected chi connectivity index (χ1v) is 9.35. The van der Waals surface area contributed by atoms with Gasteiger partial charge in [0.25, 0.3) is 0 Å². The number of ether oxygens (including phenoxy) is 2. The van der Waals surface area contributed by atoms with E-state index in [1.807, 2.05) is 13.8 Å². The topological polar surface area (TPSA) is 93.1 Å². The third-order valence-corrected chi connectivity index (χ3v) is 4.91. The first kappa shape index (κ1) is 21.2. The van der Waals surface area contributed by atoms with Crippen molar-refractivity contribution in [2.24, 2.45) is 11.8 Å². The van der Waals surface area contributed by atoms with Gasteiger partial charge < -0.3 is 14.6 Å². The van der Waals surface area contributed by atoms with Crippen molar-refractivity contribution >= 4 is 17.8 Å². The number of allylic oxidation sites excluding steroid dienone is 2. The number of amides is 2. The highest BCUT2D eigenvalue weighted by Crippen LogP contribution is 2.36. The zero-order valence-corrected chi connectivity index (χ0v) is 16.6. The van der Waals surface area contributed by atoms with Crippen molar-refractivity contribution in [3.8, 4) is 0 Å². The standard InChI is InChI=1S/C20H29NO6/c1-12(2)17-20(4,5)27-19(25)21(17)18(24)13(3)16-15(23)10-9-14(26-16)8-6-7-11-22/h8-10,12-13,16-17,22H,6-7,11H2,1-5H3/t13-,16+,17-/m0/s1. The Labute approximate surface area is 160 Å². The lowest BCUT2D eigenvalue weighted by Crippen LogP contribution is -2.52. The first-order valence-electron chi connectivity index (χ1n) is 9.35. The Balaban J connectivity index is 2.20. The average Bonchev–Trinajstić information content (AvgIpc) is 2.83. The second-order valence-corrected chi connectivity index (χ2v) is 7.90. The van der Waals surface area contributed by atoms with E-state index >= 15 is 0 Å². The van der Waals surface area contributed by atoms with Gasteiger partial charge >= 0.3 is 6.09 Å². The lowest BCUT2D eigenvalue weighted by atomic mass is 9.87. The molecule has 0 saturated carbocycles. The van der Waals surface area contributed by atoms with Crippen LogP contribution in [0.3, 0.4) is 0 Å². The predicted molar refractivity (Wildman–Crippen MR) is 98.6 cm³/mol. The minimum Gasteiger partial charge on any atom is -0.482 e. The Morgan fingerprint density at radius 3 is 2.56 bits per heavy atom. The molecule has 2 amide bonds. The lowest BCUT2D eigenvalue weighted by Gasteiger charge is -2.33. The van der Waals surface area contributed by atoms with Gasteiger partial charge in [0.1, 0.15) is 11.4 Å². The van der Waals surface area contributed by atoms with E-state index < -0.39 is 35.7 Å². The van der Waals surface area contributed by atoms with Crippen molar-refractivity contribution in [3.63, 3.8) is 0 Å². The van der Waals surface area contributed by atoms with Gasteiger partial charge in [-0.3, -0.25) is 9.59 Å². The summed E-state index contributed by atoms with van der Waals surface area (Å²) in [6, 6.07) is -0.422. The van der Waals surface area contributed by atoms with Gasteiger partial charge in [0, 0.05) is 6.61 Å². The fourth-order valence-corrected chi connectivity index (χ4v) is 3.74. The summed E-state index contributed by atoms with van der Waals surface area (Å²) < 4.78 is 11.1. The number of hydrogen-bond acceptors (Lipinski definition) is 6. The molecule has 0 aromatic rings. The van der Waals surface area contributed by atoms with E-state index in [9.17, 15) is 14.4 Å². The van der Waals surface area contributed by atoms with Crippen molar-refractivity contribution in [2.75, 3.05) is 6.61 Å². The van der Waals surface area contributed by atoms with Gasteiger partial charge in [0.05, 0.1) is 12.0 Å². The number of cyclic esters (lactones) is 1. The van der Waals surface area contributed by atoms with Crippen LogP contribution in [-0.2, 0) is 19.1 Å². The molecule has 0 radical (unpaired) electrons. The van der Waals surface area contributed by atoms with Gasteiger partial charge in [0.2, 0.25) is 5.91 Å². The van der Waals surface area contributed by atoms with Crippen molar-refractivity contribution in [2.45, 2.75) is 65.2 Å². The summed E-state index contributed by atoms with van der Waals surface area (Å²) in [4.78, 5) is 38.9. The number of carbonyl (C=O) groups is 3. The number of imide groups is 1. The first-order chi connectivity index (χ1) is 12.6. The smallest absolute Gasteiger partial charge is 0.417 e. The molecule has 3 atom stereocenters. The highest BCUT2D eigenvalue weighted by molar-refractivity contribution is 6.02. The van der Waals surface area contributed by atoms with Crippen molar-refractivity contribution in [1.82, 2.24) is 4.90 Å². The summed E-state index contributed by atoms with van der Waals surface area (Å²) in [5, 5.41) is 8.87. The number of ketones is 1. The molecule has 2 aliphatic rings. The number of aliphatic hydroxyl groups is 1. The molecule has 1 fully saturated rings. The van der Waals surface area contributed by atoms with Gasteiger partial charge in [-0.05, 0) is 57.8 Å². The molecule has 0 unspecified atom stereocenters. The molecule has 27 heavy (non-hydrogen) atoms. The normalized spacial score (nSPS) is 27.1. The lowest BCUT2D eigenvalue weighted by molar-refractivity contribution is -0.143. The molecule has 0 spiro atoms. The predicted octanol–water partition coefficient (Wildman–Crippen LogP) is 2.59. The van der Waals surface area contributed by atoms with Gasteiger partial charge in [-0.25, -0.2) is 9.69 Å². The molecule has 2 aliphatic heterocycles. The van der Waals surface area contributed by atoms with Crippen LogP contribution >= 0.6 is 0 Å². The Hall–Kier alpha value is -2.15. The van der Waals surface area contributed by atoms with Crippen LogP contribution in [0.25, 0.3) is 0 Å². The molecule has 1 saturated heterocycles. The molecule has 7 heteroatoms. The van der Waals surface area contributed by atoms with Crippen molar-refractivity contribution < 1.29 is 29.0 Å². The van der Waals surface area contributed by atoms with E-state index in [1.165, 1.54) is 6.08 Å². The maximum atomic E-state index is 13.1. The van der Waals surface area contributed by atoms with Crippen molar-refractivity contribution in [1.29, 1.82) is 0 Å². The number of unbranched alkanes of at least 4 members (excludes halogenated alkanes) is 1. The quantitative estimate of drug-likeness (QED) is 0.713. The molecule has 7 nitrogen and oxygen atoms in total. The van der Waals surface area contributed by atoms with E-state index in [-0.39, 0.29) is 18.3 Å². The van der Waals surface area contributed by atoms with E-state index in [2.05, 4.69) is 0 Å². The van der Waals surface area contributed by atoms with Crippen molar-refractivity contribution in [3.05, 3.63) is 24.0 Å². The number of hydrogen-bond donors (Lipinski definition) is 1.